The van der Waals surface area contributed by atoms with Crippen LogP contribution in [0.4, 0.5) is 0 Å². The molecule has 224 valence electrons. The number of rotatable bonds is 11. The zero-order valence-corrected chi connectivity index (χ0v) is 26.9. The molecular weight excluding hydrogens is 550 g/mol. The Kier molecular flexibility index (Phi) is 9.50. The highest BCUT2D eigenvalue weighted by Gasteiger charge is 2.53. The number of carbonyl (C=O) groups is 1. The molecule has 0 bridgehead atoms. The summed E-state index contributed by atoms with van der Waals surface area (Å²) in [4.78, 5) is 16.2. The Labute approximate surface area is 257 Å². The minimum Gasteiger partial charge on any atom is -0.497 e. The third-order valence-corrected chi connectivity index (χ3v) is 13.7. The highest BCUT2D eigenvalue weighted by Crippen LogP contribution is 2.39. The second-order valence-corrected chi connectivity index (χ2v) is 16.7. The molecule has 5 rings (SSSR count). The first-order valence-corrected chi connectivity index (χ1v) is 17.0. The predicted octanol–water partition coefficient (Wildman–Crippen LogP) is 6.20. The fourth-order valence-electron chi connectivity index (χ4n) is 6.38. The molecule has 0 aromatic heterocycles. The van der Waals surface area contributed by atoms with E-state index in [1.165, 1.54) is 10.4 Å². The van der Waals surface area contributed by atoms with Gasteiger partial charge in [0, 0.05) is 13.2 Å². The van der Waals surface area contributed by atoms with Crippen molar-refractivity contribution in [3.05, 3.63) is 126 Å². The SMILES string of the molecule is COc1ccc(CN2C(=O)[C@H](CO[Si](c3ccccc3)(c3ccccc3)C(C)(C)C)[C@@H](OCc3ccccc3)[C@@H]2C)cc1. The van der Waals surface area contributed by atoms with Gasteiger partial charge in [0.15, 0.2) is 0 Å². The average Bonchev–Trinajstić information content (AvgIpc) is 3.25. The van der Waals surface area contributed by atoms with Crippen molar-refractivity contribution < 1.29 is 18.7 Å². The monoisotopic (exact) mass is 593 g/mol. The van der Waals surface area contributed by atoms with Crippen molar-refractivity contribution in [1.29, 1.82) is 0 Å². The minimum atomic E-state index is -2.83. The van der Waals surface area contributed by atoms with Crippen LogP contribution in [0.15, 0.2) is 115 Å². The molecule has 4 aromatic carbocycles. The summed E-state index contributed by atoms with van der Waals surface area (Å²) in [7, 11) is -1.17. The largest absolute Gasteiger partial charge is 0.497 e. The number of benzene rings is 4. The van der Waals surface area contributed by atoms with Crippen molar-refractivity contribution in [1.82, 2.24) is 4.90 Å². The summed E-state index contributed by atoms with van der Waals surface area (Å²) < 4.78 is 19.2. The van der Waals surface area contributed by atoms with Gasteiger partial charge in [0.1, 0.15) is 5.75 Å². The number of amides is 1. The molecule has 1 amide bonds. The number of carbonyl (C=O) groups excluding carboxylic acids is 1. The molecule has 0 N–H and O–H groups in total. The topological polar surface area (TPSA) is 48.0 Å². The molecule has 1 aliphatic rings. The average molecular weight is 594 g/mol. The second-order valence-electron chi connectivity index (χ2n) is 12.4. The molecule has 0 aliphatic carbocycles. The second kappa shape index (κ2) is 13.3. The first kappa shape index (κ1) is 30.7. The van der Waals surface area contributed by atoms with Crippen LogP contribution in [0, 0.1) is 5.92 Å². The molecule has 6 heteroatoms. The van der Waals surface area contributed by atoms with Gasteiger partial charge >= 0.3 is 0 Å². The van der Waals surface area contributed by atoms with Gasteiger partial charge in [-0.05, 0) is 45.6 Å². The highest BCUT2D eigenvalue weighted by atomic mass is 28.4. The van der Waals surface area contributed by atoms with E-state index in [0.29, 0.717) is 13.2 Å². The first-order valence-electron chi connectivity index (χ1n) is 15.1. The summed E-state index contributed by atoms with van der Waals surface area (Å²) >= 11 is 0. The van der Waals surface area contributed by atoms with Crippen molar-refractivity contribution in [3.8, 4) is 5.75 Å². The van der Waals surface area contributed by atoms with E-state index in [-0.39, 0.29) is 29.7 Å². The Balaban J connectivity index is 1.48. The van der Waals surface area contributed by atoms with E-state index in [9.17, 15) is 4.79 Å². The van der Waals surface area contributed by atoms with E-state index in [0.717, 1.165) is 16.9 Å². The smallest absolute Gasteiger partial charge is 0.261 e. The van der Waals surface area contributed by atoms with Crippen LogP contribution in [-0.2, 0) is 27.1 Å². The molecule has 0 saturated carbocycles. The molecule has 1 saturated heterocycles. The normalized spacial score (nSPS) is 19.0. The van der Waals surface area contributed by atoms with Crippen molar-refractivity contribution in [2.24, 2.45) is 5.92 Å². The van der Waals surface area contributed by atoms with Crippen LogP contribution < -0.4 is 15.1 Å². The summed E-state index contributed by atoms with van der Waals surface area (Å²) in [6.07, 6.45) is -0.316. The van der Waals surface area contributed by atoms with Gasteiger partial charge in [-0.15, -0.1) is 0 Å². The minimum absolute atomic E-state index is 0.0688. The van der Waals surface area contributed by atoms with Crippen LogP contribution in [-0.4, -0.2) is 45.0 Å². The Bertz CT molecular complexity index is 1420. The molecule has 1 fully saturated rings. The number of likely N-dealkylation sites (tertiary alicyclic amines) is 1. The van der Waals surface area contributed by atoms with Crippen LogP contribution in [0.5, 0.6) is 5.75 Å². The maximum Gasteiger partial charge on any atom is 0.261 e. The molecule has 4 aromatic rings. The van der Waals surface area contributed by atoms with Crippen LogP contribution in [0.25, 0.3) is 0 Å². The van der Waals surface area contributed by atoms with Crippen molar-refractivity contribution >= 4 is 24.6 Å². The van der Waals surface area contributed by atoms with Gasteiger partial charge < -0.3 is 18.8 Å². The fraction of sp³-hybridized carbons (Fsp3) is 0.324. The Morgan fingerprint density at radius 1 is 0.744 bits per heavy atom. The van der Waals surface area contributed by atoms with Gasteiger partial charge in [0.25, 0.3) is 8.32 Å². The van der Waals surface area contributed by atoms with Gasteiger partial charge in [0.05, 0.1) is 31.8 Å². The summed E-state index contributed by atoms with van der Waals surface area (Å²) in [5.74, 6) is 0.433. The number of ether oxygens (including phenoxy) is 2. The third kappa shape index (κ3) is 6.47. The predicted molar refractivity (Wildman–Crippen MR) is 175 cm³/mol. The van der Waals surface area contributed by atoms with Crippen LogP contribution in [0.2, 0.25) is 5.04 Å². The van der Waals surface area contributed by atoms with E-state index in [4.69, 9.17) is 13.9 Å². The number of nitrogens with zero attached hydrogens (tertiary/aromatic N) is 1. The first-order chi connectivity index (χ1) is 20.7. The zero-order chi connectivity index (χ0) is 30.5. The quantitative estimate of drug-likeness (QED) is 0.194. The molecule has 3 atom stereocenters. The Morgan fingerprint density at radius 2 is 1.28 bits per heavy atom. The maximum absolute atomic E-state index is 14.3. The molecule has 0 unspecified atom stereocenters. The van der Waals surface area contributed by atoms with Gasteiger partial charge in [-0.2, -0.15) is 0 Å². The summed E-state index contributed by atoms with van der Waals surface area (Å²) in [6, 6.07) is 39.1. The number of hydrogen-bond donors (Lipinski definition) is 0. The standard InChI is InChI=1S/C37H43NO4Si/c1-28-35(41-26-30-15-9-6-10-16-30)34(36(39)38(28)25-29-21-23-31(40-5)24-22-29)27-42-43(37(2,3)4,32-17-11-7-12-18-32)33-19-13-8-14-20-33/h6-24,28,34-35H,25-27H2,1-5H3/t28-,34+,35-/m0/s1. The molecule has 43 heavy (non-hydrogen) atoms. The fourth-order valence-corrected chi connectivity index (χ4v) is 11.0. The van der Waals surface area contributed by atoms with Crippen LogP contribution in [0.3, 0.4) is 0 Å². The van der Waals surface area contributed by atoms with E-state index in [1.54, 1.807) is 7.11 Å². The van der Waals surface area contributed by atoms with Crippen LogP contribution >= 0.6 is 0 Å². The molecular formula is C37H43NO4Si. The molecule has 1 aliphatic heterocycles. The van der Waals surface area contributed by atoms with Gasteiger partial charge in [-0.3, -0.25) is 4.79 Å². The van der Waals surface area contributed by atoms with E-state index < -0.39 is 14.2 Å². The lowest BCUT2D eigenvalue weighted by Gasteiger charge is -2.43. The van der Waals surface area contributed by atoms with Gasteiger partial charge in [0.2, 0.25) is 5.91 Å². The summed E-state index contributed by atoms with van der Waals surface area (Å²) in [6.45, 7) is 10.1. The lowest BCUT2D eigenvalue weighted by atomic mass is 10.0. The molecule has 5 nitrogen and oxygen atoms in total. The highest BCUT2D eigenvalue weighted by molar-refractivity contribution is 6.99. The summed E-state index contributed by atoms with van der Waals surface area (Å²) in [5.41, 5.74) is 2.14. The zero-order valence-electron chi connectivity index (χ0n) is 25.9. The number of methoxy groups -OCH3 is 1. The molecule has 1 heterocycles. The molecule has 0 radical (unpaired) electrons. The van der Waals surface area contributed by atoms with Gasteiger partial charge in [-0.25, -0.2) is 0 Å². The summed E-state index contributed by atoms with van der Waals surface area (Å²) in [5, 5.41) is 2.21. The lowest BCUT2D eigenvalue weighted by Crippen LogP contribution is -2.67. The van der Waals surface area contributed by atoms with Gasteiger partial charge in [-0.1, -0.05) is 124 Å². The van der Waals surface area contributed by atoms with E-state index >= 15 is 0 Å². The Morgan fingerprint density at radius 3 is 1.79 bits per heavy atom. The van der Waals surface area contributed by atoms with E-state index in [2.05, 4.69) is 88.4 Å². The maximum atomic E-state index is 14.3. The van der Waals surface area contributed by atoms with Crippen molar-refractivity contribution in [2.75, 3.05) is 13.7 Å². The molecule has 0 spiro atoms. The Hall–Kier alpha value is -3.71. The number of hydrogen-bond acceptors (Lipinski definition) is 4. The van der Waals surface area contributed by atoms with Crippen LogP contribution in [0.1, 0.15) is 38.8 Å². The lowest BCUT2D eigenvalue weighted by molar-refractivity contribution is -0.133. The van der Waals surface area contributed by atoms with Crippen molar-refractivity contribution in [3.63, 3.8) is 0 Å². The van der Waals surface area contributed by atoms with Crippen molar-refractivity contribution in [2.45, 2.75) is 58.0 Å². The third-order valence-electron chi connectivity index (χ3n) is 8.66. The van der Waals surface area contributed by atoms with E-state index in [1.807, 2.05) is 59.5 Å².